The summed E-state index contributed by atoms with van der Waals surface area (Å²) in [6.45, 7) is 2.15. The Morgan fingerprint density at radius 2 is 2.33 bits per heavy atom. The third kappa shape index (κ3) is 1.83. The van der Waals surface area contributed by atoms with E-state index in [0.717, 1.165) is 25.7 Å². The highest BCUT2D eigenvalue weighted by atomic mass is 16.5. The largest absolute Gasteiger partial charge is 0.496 e. The van der Waals surface area contributed by atoms with E-state index in [4.69, 9.17) is 4.74 Å². The number of rotatable bonds is 2. The van der Waals surface area contributed by atoms with Crippen molar-refractivity contribution in [2.45, 2.75) is 38.7 Å². The first-order chi connectivity index (χ1) is 7.26. The van der Waals surface area contributed by atoms with Gasteiger partial charge in [0.2, 0.25) is 0 Å². The highest BCUT2D eigenvalue weighted by Crippen LogP contribution is 2.36. The Morgan fingerprint density at radius 3 is 3.00 bits per heavy atom. The summed E-state index contributed by atoms with van der Waals surface area (Å²) in [5, 5.41) is 0. The monoisotopic (exact) mass is 208 g/mol. The molecule has 1 saturated carbocycles. The number of ether oxygens (including phenoxy) is 1. The summed E-state index contributed by atoms with van der Waals surface area (Å²) in [6, 6.07) is 0. The van der Waals surface area contributed by atoms with E-state index < -0.39 is 0 Å². The van der Waals surface area contributed by atoms with Crippen LogP contribution in [0, 0.1) is 11.8 Å². The van der Waals surface area contributed by atoms with Crippen molar-refractivity contribution < 1.29 is 14.3 Å². The molecule has 0 aromatic heterocycles. The van der Waals surface area contributed by atoms with Crippen LogP contribution in [0.25, 0.3) is 0 Å². The molecule has 0 spiro atoms. The molecule has 1 aliphatic carbocycles. The molecule has 0 bridgehead atoms. The highest BCUT2D eigenvalue weighted by molar-refractivity contribution is 6.13. The first-order valence-corrected chi connectivity index (χ1v) is 5.61. The molecule has 0 amide bonds. The summed E-state index contributed by atoms with van der Waals surface area (Å²) in [5.41, 5.74) is 0.202. The maximum absolute atomic E-state index is 11.9. The maximum atomic E-state index is 11.9. The second-order valence-corrected chi connectivity index (χ2v) is 4.42. The number of hydrogen-bond acceptors (Lipinski definition) is 3. The number of ketones is 1. The predicted molar refractivity (Wildman–Crippen MR) is 55.1 cm³/mol. The van der Waals surface area contributed by atoms with Crippen LogP contribution in [0.1, 0.15) is 32.6 Å². The van der Waals surface area contributed by atoms with Crippen LogP contribution in [-0.4, -0.2) is 18.2 Å². The zero-order valence-electron chi connectivity index (χ0n) is 8.94. The Labute approximate surface area is 89.5 Å². The second kappa shape index (κ2) is 4.17. The molecule has 0 aromatic carbocycles. The third-order valence-electron chi connectivity index (χ3n) is 3.59. The number of allylic oxidation sites excluding steroid dienone is 1. The lowest BCUT2D eigenvalue weighted by Gasteiger charge is -2.36. The topological polar surface area (TPSA) is 43.4 Å². The van der Waals surface area contributed by atoms with Crippen LogP contribution in [-0.2, 0) is 14.3 Å². The van der Waals surface area contributed by atoms with Crippen LogP contribution < -0.4 is 0 Å². The molecule has 0 aromatic rings. The van der Waals surface area contributed by atoms with E-state index in [2.05, 4.69) is 6.92 Å². The molecule has 2 rings (SSSR count). The standard InChI is InChI=1S/C12H16O3/c1-2-8-3-4-11-10(5-8)12(14)9(6-13)7-15-11/h6-8,10-11H,2-5H2,1H3. The Kier molecular flexibility index (Phi) is 2.89. The van der Waals surface area contributed by atoms with Crippen molar-refractivity contribution in [3.63, 3.8) is 0 Å². The number of aldehydes is 1. The second-order valence-electron chi connectivity index (χ2n) is 4.42. The van der Waals surface area contributed by atoms with Crippen molar-refractivity contribution in [1.82, 2.24) is 0 Å². The fourth-order valence-electron chi connectivity index (χ4n) is 2.56. The Morgan fingerprint density at radius 1 is 1.53 bits per heavy atom. The van der Waals surface area contributed by atoms with E-state index in [1.54, 1.807) is 0 Å². The van der Waals surface area contributed by atoms with E-state index in [1.165, 1.54) is 6.26 Å². The van der Waals surface area contributed by atoms with Crippen LogP contribution in [0.5, 0.6) is 0 Å². The van der Waals surface area contributed by atoms with Gasteiger partial charge < -0.3 is 4.74 Å². The minimum absolute atomic E-state index is 0.0144. The molecule has 1 fully saturated rings. The van der Waals surface area contributed by atoms with Gasteiger partial charge in [-0.25, -0.2) is 0 Å². The smallest absolute Gasteiger partial charge is 0.176 e. The molecule has 3 heteroatoms. The number of carbonyl (C=O) groups excluding carboxylic acids is 2. The Bertz CT molecular complexity index is 306. The SMILES string of the molecule is CCC1CCC2OC=C(C=O)C(=O)C2C1. The number of Topliss-reactive ketones (excluding diaryl/α,β-unsaturated/α-hetero) is 1. The molecule has 1 heterocycles. The van der Waals surface area contributed by atoms with Crippen molar-refractivity contribution in [3.8, 4) is 0 Å². The fourth-order valence-corrected chi connectivity index (χ4v) is 2.56. The number of hydrogen-bond donors (Lipinski definition) is 0. The van der Waals surface area contributed by atoms with Gasteiger partial charge in [-0.3, -0.25) is 9.59 Å². The third-order valence-corrected chi connectivity index (χ3v) is 3.59. The van der Waals surface area contributed by atoms with Gasteiger partial charge in [-0.2, -0.15) is 0 Å². The van der Waals surface area contributed by atoms with E-state index in [1.807, 2.05) is 0 Å². The molecular weight excluding hydrogens is 192 g/mol. The predicted octanol–water partition coefficient (Wildman–Crippen LogP) is 1.86. The molecule has 0 saturated heterocycles. The quantitative estimate of drug-likeness (QED) is 0.514. The maximum Gasteiger partial charge on any atom is 0.176 e. The van der Waals surface area contributed by atoms with Crippen molar-refractivity contribution in [3.05, 3.63) is 11.8 Å². The van der Waals surface area contributed by atoms with Crippen LogP contribution in [0.3, 0.4) is 0 Å². The molecule has 82 valence electrons. The molecular formula is C12H16O3. The number of fused-ring (bicyclic) bond motifs is 1. The van der Waals surface area contributed by atoms with Crippen LogP contribution in [0.4, 0.5) is 0 Å². The summed E-state index contributed by atoms with van der Waals surface area (Å²) in [5.74, 6) is 0.526. The van der Waals surface area contributed by atoms with Gasteiger partial charge in [0.1, 0.15) is 6.10 Å². The van der Waals surface area contributed by atoms with E-state index in [0.29, 0.717) is 12.2 Å². The van der Waals surface area contributed by atoms with E-state index in [-0.39, 0.29) is 23.4 Å². The lowest BCUT2D eigenvalue weighted by molar-refractivity contribution is -0.129. The van der Waals surface area contributed by atoms with Gasteiger partial charge in [0.05, 0.1) is 17.8 Å². The molecule has 2 aliphatic rings. The molecule has 3 nitrogen and oxygen atoms in total. The van der Waals surface area contributed by atoms with Gasteiger partial charge in [-0.15, -0.1) is 0 Å². The normalized spacial score (nSPS) is 35.1. The van der Waals surface area contributed by atoms with Crippen molar-refractivity contribution in [1.29, 1.82) is 0 Å². The van der Waals surface area contributed by atoms with Crippen LogP contribution in [0.15, 0.2) is 11.8 Å². The Hall–Kier alpha value is -1.12. The molecule has 3 atom stereocenters. The summed E-state index contributed by atoms with van der Waals surface area (Å²) in [4.78, 5) is 22.5. The summed E-state index contributed by atoms with van der Waals surface area (Å²) >= 11 is 0. The first-order valence-electron chi connectivity index (χ1n) is 5.61. The van der Waals surface area contributed by atoms with Crippen molar-refractivity contribution >= 4 is 12.1 Å². The molecule has 0 N–H and O–H groups in total. The minimum Gasteiger partial charge on any atom is -0.496 e. The van der Waals surface area contributed by atoms with Crippen molar-refractivity contribution in [2.24, 2.45) is 11.8 Å². The highest BCUT2D eigenvalue weighted by Gasteiger charge is 2.39. The summed E-state index contributed by atoms with van der Waals surface area (Å²) in [7, 11) is 0. The zero-order chi connectivity index (χ0) is 10.8. The summed E-state index contributed by atoms with van der Waals surface area (Å²) < 4.78 is 5.43. The fraction of sp³-hybridized carbons (Fsp3) is 0.667. The van der Waals surface area contributed by atoms with E-state index in [9.17, 15) is 9.59 Å². The van der Waals surface area contributed by atoms with Crippen LogP contribution >= 0.6 is 0 Å². The van der Waals surface area contributed by atoms with Gasteiger partial charge in [0.25, 0.3) is 0 Å². The average molecular weight is 208 g/mol. The molecule has 3 unspecified atom stereocenters. The average Bonchev–Trinajstić information content (AvgIpc) is 2.29. The first kappa shape index (κ1) is 10.4. The summed E-state index contributed by atoms with van der Waals surface area (Å²) in [6.07, 6.45) is 6.02. The number of carbonyl (C=O) groups is 2. The van der Waals surface area contributed by atoms with Crippen LogP contribution in [0.2, 0.25) is 0 Å². The zero-order valence-corrected chi connectivity index (χ0v) is 8.94. The van der Waals surface area contributed by atoms with Crippen molar-refractivity contribution in [2.75, 3.05) is 0 Å². The van der Waals surface area contributed by atoms with Gasteiger partial charge in [-0.1, -0.05) is 13.3 Å². The molecule has 1 aliphatic heterocycles. The van der Waals surface area contributed by atoms with E-state index >= 15 is 0 Å². The molecule has 15 heavy (non-hydrogen) atoms. The van der Waals surface area contributed by atoms with Gasteiger partial charge in [0, 0.05) is 0 Å². The Balaban J connectivity index is 2.15. The lowest BCUT2D eigenvalue weighted by atomic mass is 9.74. The van der Waals surface area contributed by atoms with Gasteiger partial charge in [-0.05, 0) is 25.2 Å². The minimum atomic E-state index is -0.0751. The lowest BCUT2D eigenvalue weighted by Crippen LogP contribution is -2.39. The molecule has 0 radical (unpaired) electrons. The van der Waals surface area contributed by atoms with Gasteiger partial charge in [0.15, 0.2) is 12.1 Å². The van der Waals surface area contributed by atoms with Gasteiger partial charge >= 0.3 is 0 Å².